The van der Waals surface area contributed by atoms with Gasteiger partial charge >= 0.3 is 0 Å². The monoisotopic (exact) mass is 228 g/mol. The summed E-state index contributed by atoms with van der Waals surface area (Å²) in [6.07, 6.45) is 1.77. The van der Waals surface area contributed by atoms with E-state index in [-0.39, 0.29) is 0 Å². The highest BCUT2D eigenvalue weighted by atomic mass is 16.5. The second-order valence-corrected chi connectivity index (χ2v) is 3.86. The van der Waals surface area contributed by atoms with Crippen LogP contribution in [-0.4, -0.2) is 12.0 Å². The van der Waals surface area contributed by atoms with Crippen LogP contribution in [0.3, 0.4) is 0 Å². The Morgan fingerprint density at radius 3 is 2.65 bits per heavy atom. The van der Waals surface area contributed by atoms with Crippen molar-refractivity contribution in [2.24, 2.45) is 0 Å². The van der Waals surface area contributed by atoms with Gasteiger partial charge in [0.1, 0.15) is 18.2 Å². The maximum atomic E-state index is 5.71. The van der Waals surface area contributed by atoms with Gasteiger partial charge in [0.15, 0.2) is 0 Å². The van der Waals surface area contributed by atoms with Gasteiger partial charge in [0, 0.05) is 18.8 Å². The molecule has 0 amide bonds. The first-order valence-corrected chi connectivity index (χ1v) is 5.60. The van der Waals surface area contributed by atoms with Crippen LogP contribution in [-0.2, 0) is 6.61 Å². The van der Waals surface area contributed by atoms with Crippen molar-refractivity contribution in [1.82, 2.24) is 4.98 Å². The van der Waals surface area contributed by atoms with Crippen molar-refractivity contribution < 1.29 is 4.74 Å². The molecule has 2 rings (SSSR count). The van der Waals surface area contributed by atoms with Gasteiger partial charge in [0.2, 0.25) is 0 Å². The third kappa shape index (κ3) is 2.97. The molecule has 0 atom stereocenters. The molecule has 0 saturated heterocycles. The Morgan fingerprint density at radius 1 is 1.18 bits per heavy atom. The molecule has 1 aromatic heterocycles. The molecule has 17 heavy (non-hydrogen) atoms. The van der Waals surface area contributed by atoms with E-state index in [0.29, 0.717) is 6.61 Å². The van der Waals surface area contributed by atoms with E-state index in [4.69, 9.17) is 4.74 Å². The third-order valence-electron chi connectivity index (χ3n) is 2.54. The van der Waals surface area contributed by atoms with Crippen molar-refractivity contribution in [1.29, 1.82) is 0 Å². The summed E-state index contributed by atoms with van der Waals surface area (Å²) in [7, 11) is 1.86. The second kappa shape index (κ2) is 5.34. The quantitative estimate of drug-likeness (QED) is 0.873. The first-order chi connectivity index (χ1) is 8.29. The van der Waals surface area contributed by atoms with Gasteiger partial charge in [-0.2, -0.15) is 0 Å². The van der Waals surface area contributed by atoms with Gasteiger partial charge in [-0.25, -0.2) is 4.98 Å². The average molecular weight is 228 g/mol. The van der Waals surface area contributed by atoms with Crippen molar-refractivity contribution in [3.63, 3.8) is 0 Å². The van der Waals surface area contributed by atoms with E-state index in [1.165, 1.54) is 5.56 Å². The SMILES string of the molecule is CNc1ncccc1COc1ccc(C)cc1. The fraction of sp³-hybridized carbons (Fsp3) is 0.214. The van der Waals surface area contributed by atoms with E-state index in [0.717, 1.165) is 17.1 Å². The number of nitrogens with one attached hydrogen (secondary N) is 1. The molecule has 0 radical (unpaired) electrons. The van der Waals surface area contributed by atoms with Gasteiger partial charge < -0.3 is 10.1 Å². The van der Waals surface area contributed by atoms with Crippen LogP contribution >= 0.6 is 0 Å². The fourth-order valence-electron chi connectivity index (χ4n) is 1.58. The number of aryl methyl sites for hydroxylation is 1. The van der Waals surface area contributed by atoms with E-state index in [2.05, 4.69) is 17.2 Å². The number of benzene rings is 1. The van der Waals surface area contributed by atoms with Gasteiger partial charge in [-0.1, -0.05) is 23.8 Å². The number of anilines is 1. The van der Waals surface area contributed by atoms with Gasteiger partial charge in [-0.3, -0.25) is 0 Å². The summed E-state index contributed by atoms with van der Waals surface area (Å²) in [6, 6.07) is 12.0. The molecule has 1 N–H and O–H groups in total. The molecule has 0 spiro atoms. The summed E-state index contributed by atoms with van der Waals surface area (Å²) in [4.78, 5) is 4.23. The number of nitrogens with zero attached hydrogens (tertiary/aromatic N) is 1. The molecule has 0 aliphatic rings. The molecule has 3 heteroatoms. The van der Waals surface area contributed by atoms with E-state index < -0.39 is 0 Å². The molecule has 1 aromatic carbocycles. The number of pyridine rings is 1. The molecule has 0 fully saturated rings. The van der Waals surface area contributed by atoms with Crippen molar-refractivity contribution in [3.8, 4) is 5.75 Å². The van der Waals surface area contributed by atoms with Crippen LogP contribution < -0.4 is 10.1 Å². The Kier molecular flexibility index (Phi) is 3.60. The molecule has 0 unspecified atom stereocenters. The van der Waals surface area contributed by atoms with Gasteiger partial charge in [-0.15, -0.1) is 0 Å². The predicted molar refractivity (Wildman–Crippen MR) is 69.3 cm³/mol. The summed E-state index contributed by atoms with van der Waals surface area (Å²) in [5.74, 6) is 1.74. The summed E-state index contributed by atoms with van der Waals surface area (Å²) in [5, 5.41) is 3.05. The largest absolute Gasteiger partial charge is 0.489 e. The average Bonchev–Trinajstić information content (AvgIpc) is 2.38. The van der Waals surface area contributed by atoms with Crippen LogP contribution in [0.25, 0.3) is 0 Å². The maximum absolute atomic E-state index is 5.71. The molecule has 0 bridgehead atoms. The second-order valence-electron chi connectivity index (χ2n) is 3.86. The van der Waals surface area contributed by atoms with Crippen molar-refractivity contribution in [2.45, 2.75) is 13.5 Å². The lowest BCUT2D eigenvalue weighted by molar-refractivity contribution is 0.306. The normalized spacial score (nSPS) is 10.0. The lowest BCUT2D eigenvalue weighted by atomic mass is 10.2. The first kappa shape index (κ1) is 11.5. The number of rotatable bonds is 4. The van der Waals surface area contributed by atoms with E-state index >= 15 is 0 Å². The summed E-state index contributed by atoms with van der Waals surface area (Å²) >= 11 is 0. The predicted octanol–water partition coefficient (Wildman–Crippen LogP) is 3.01. The van der Waals surface area contributed by atoms with Crippen molar-refractivity contribution in [3.05, 3.63) is 53.7 Å². The number of aromatic nitrogens is 1. The smallest absolute Gasteiger partial charge is 0.132 e. The minimum atomic E-state index is 0.521. The van der Waals surface area contributed by atoms with Crippen LogP contribution in [0, 0.1) is 6.92 Å². The fourth-order valence-corrected chi connectivity index (χ4v) is 1.58. The summed E-state index contributed by atoms with van der Waals surface area (Å²) in [5.41, 5.74) is 2.28. The molecular formula is C14H16N2O. The van der Waals surface area contributed by atoms with Crippen LogP contribution in [0.15, 0.2) is 42.6 Å². The number of ether oxygens (including phenoxy) is 1. The zero-order valence-electron chi connectivity index (χ0n) is 10.1. The zero-order valence-corrected chi connectivity index (χ0v) is 10.1. The van der Waals surface area contributed by atoms with Crippen LogP contribution in [0.1, 0.15) is 11.1 Å². The Bertz CT molecular complexity index is 480. The molecule has 0 aliphatic carbocycles. The highest BCUT2D eigenvalue weighted by Gasteiger charge is 2.02. The van der Waals surface area contributed by atoms with E-state index in [9.17, 15) is 0 Å². The minimum absolute atomic E-state index is 0.521. The molecular weight excluding hydrogens is 212 g/mol. The first-order valence-electron chi connectivity index (χ1n) is 5.60. The topological polar surface area (TPSA) is 34.2 Å². The number of hydrogen-bond donors (Lipinski definition) is 1. The summed E-state index contributed by atoms with van der Waals surface area (Å²) in [6.45, 7) is 2.58. The van der Waals surface area contributed by atoms with Gasteiger partial charge in [0.05, 0.1) is 0 Å². The lowest BCUT2D eigenvalue weighted by Gasteiger charge is -2.09. The van der Waals surface area contributed by atoms with E-state index in [1.807, 2.05) is 43.4 Å². The van der Waals surface area contributed by atoms with E-state index in [1.54, 1.807) is 6.20 Å². The molecule has 2 aromatic rings. The maximum Gasteiger partial charge on any atom is 0.132 e. The van der Waals surface area contributed by atoms with Gasteiger partial charge in [0.25, 0.3) is 0 Å². The Hall–Kier alpha value is -2.03. The molecule has 0 saturated carbocycles. The van der Waals surface area contributed by atoms with Crippen LogP contribution in [0.2, 0.25) is 0 Å². The minimum Gasteiger partial charge on any atom is -0.489 e. The van der Waals surface area contributed by atoms with Crippen LogP contribution in [0.5, 0.6) is 5.75 Å². The zero-order chi connectivity index (χ0) is 12.1. The number of hydrogen-bond acceptors (Lipinski definition) is 3. The Morgan fingerprint density at radius 2 is 1.94 bits per heavy atom. The molecule has 3 nitrogen and oxygen atoms in total. The highest BCUT2D eigenvalue weighted by Crippen LogP contribution is 2.16. The molecule has 0 aliphatic heterocycles. The standard InChI is InChI=1S/C14H16N2O/c1-11-5-7-13(8-6-11)17-10-12-4-3-9-16-14(12)15-2/h3-9H,10H2,1-2H3,(H,15,16). The Balaban J connectivity index is 2.04. The Labute approximate surface area is 101 Å². The van der Waals surface area contributed by atoms with Crippen LogP contribution in [0.4, 0.5) is 5.82 Å². The lowest BCUT2D eigenvalue weighted by Crippen LogP contribution is -2.02. The van der Waals surface area contributed by atoms with Crippen molar-refractivity contribution >= 4 is 5.82 Å². The summed E-state index contributed by atoms with van der Waals surface area (Å²) < 4.78 is 5.71. The highest BCUT2D eigenvalue weighted by molar-refractivity contribution is 5.42. The molecule has 1 heterocycles. The van der Waals surface area contributed by atoms with Crippen molar-refractivity contribution in [2.75, 3.05) is 12.4 Å². The third-order valence-corrected chi connectivity index (χ3v) is 2.54. The molecule has 88 valence electrons. The van der Waals surface area contributed by atoms with Gasteiger partial charge in [-0.05, 0) is 25.1 Å².